The fraction of sp³-hybridized carbons (Fsp3) is 0.906. The summed E-state index contributed by atoms with van der Waals surface area (Å²) >= 11 is 0. The van der Waals surface area contributed by atoms with Gasteiger partial charge in [-0.25, -0.2) is 0 Å². The largest absolute Gasteiger partial charge is 0.486 e. The van der Waals surface area contributed by atoms with Gasteiger partial charge in [-0.3, -0.25) is 4.79 Å². The highest BCUT2D eigenvalue weighted by Gasteiger charge is 2.56. The Kier molecular flexibility index (Phi) is 12.3. The van der Waals surface area contributed by atoms with Crippen LogP contribution in [-0.2, 0) is 27.2 Å². The van der Waals surface area contributed by atoms with Crippen LogP contribution in [0.15, 0.2) is 11.8 Å². The standard InChI is InChI=1S/C32H68O6Si4/c1-29(2,3)39(13,14)34-23-25(36-40(15,16)30(4,5)6)26-28(38-42(19,20)32(10,11)12)27(24(35-26)21-22-33)37-41(17,18)31(7,8)9/h21-22,25-28H,23H2,1-20H3/b24-21-/t25-,26-,27+,28+/m1/s1. The van der Waals surface area contributed by atoms with Gasteiger partial charge in [-0.05, 0) is 72.5 Å². The summed E-state index contributed by atoms with van der Waals surface area (Å²) in [6.45, 7) is 45.5. The van der Waals surface area contributed by atoms with Gasteiger partial charge in [0.1, 0.15) is 30.4 Å². The SMILES string of the molecule is CC(C)(C)[Si](C)(C)OC[C@@H](O[Si](C)(C)C(C)(C)C)[C@H]1O/C(=C\C=O)[C@H](O[Si](C)(C)C(C)(C)C)[C@H]1O[Si](C)(C)C(C)(C)C. The van der Waals surface area contributed by atoms with E-state index in [9.17, 15) is 4.79 Å². The molecular formula is C32H68O6Si4. The zero-order valence-corrected chi connectivity index (χ0v) is 35.1. The quantitative estimate of drug-likeness (QED) is 0.125. The lowest BCUT2D eigenvalue weighted by atomic mass is 10.1. The predicted octanol–water partition coefficient (Wildman–Crippen LogP) is 9.66. The Bertz CT molecular complexity index is 946. The average Bonchev–Trinajstić information content (AvgIpc) is 3.04. The molecule has 0 unspecified atom stereocenters. The molecule has 4 atom stereocenters. The molecule has 1 rings (SSSR count). The summed E-state index contributed by atoms with van der Waals surface area (Å²) in [5, 5.41) is -0.00121. The molecule has 42 heavy (non-hydrogen) atoms. The van der Waals surface area contributed by atoms with Gasteiger partial charge in [0.15, 0.2) is 39.4 Å². The van der Waals surface area contributed by atoms with Crippen LogP contribution in [0.2, 0.25) is 72.5 Å². The van der Waals surface area contributed by atoms with Crippen molar-refractivity contribution in [2.45, 2.75) is 180 Å². The molecular weight excluding hydrogens is 593 g/mol. The van der Waals surface area contributed by atoms with Crippen LogP contribution in [0.25, 0.3) is 0 Å². The molecule has 1 aliphatic heterocycles. The van der Waals surface area contributed by atoms with Crippen molar-refractivity contribution in [2.24, 2.45) is 0 Å². The second-order valence-electron chi connectivity index (χ2n) is 18.4. The maximum Gasteiger partial charge on any atom is 0.193 e. The zero-order chi connectivity index (χ0) is 33.5. The van der Waals surface area contributed by atoms with E-state index >= 15 is 0 Å². The molecule has 248 valence electrons. The molecule has 0 amide bonds. The third-order valence-corrected chi connectivity index (χ3v) is 28.8. The molecule has 0 aromatic rings. The van der Waals surface area contributed by atoms with E-state index in [1.54, 1.807) is 0 Å². The summed E-state index contributed by atoms with van der Waals surface area (Å²) in [6, 6.07) is 0. The first-order chi connectivity index (χ1) is 18.3. The lowest BCUT2D eigenvalue weighted by molar-refractivity contribution is -0.104. The Hall–Kier alpha value is -0.0825. The van der Waals surface area contributed by atoms with Crippen molar-refractivity contribution in [3.05, 3.63) is 11.8 Å². The Balaban J connectivity index is 3.85. The van der Waals surface area contributed by atoms with Crippen molar-refractivity contribution in [1.82, 2.24) is 0 Å². The predicted molar refractivity (Wildman–Crippen MR) is 188 cm³/mol. The van der Waals surface area contributed by atoms with Crippen molar-refractivity contribution >= 4 is 39.6 Å². The van der Waals surface area contributed by atoms with E-state index in [-0.39, 0.29) is 26.3 Å². The summed E-state index contributed by atoms with van der Waals surface area (Å²) in [5.41, 5.74) is 0. The van der Waals surface area contributed by atoms with Crippen LogP contribution < -0.4 is 0 Å². The minimum atomic E-state index is -2.29. The Morgan fingerprint density at radius 3 is 1.45 bits per heavy atom. The minimum absolute atomic E-state index is 0.00484. The summed E-state index contributed by atoms with van der Waals surface area (Å²) in [6.07, 6.45) is 0.561. The molecule has 1 saturated heterocycles. The van der Waals surface area contributed by atoms with E-state index in [0.29, 0.717) is 12.4 Å². The fourth-order valence-corrected chi connectivity index (χ4v) is 8.49. The normalized spacial score (nSPS) is 23.7. The lowest BCUT2D eigenvalue weighted by Gasteiger charge is -2.46. The summed E-state index contributed by atoms with van der Waals surface area (Å²) in [7, 11) is -8.92. The van der Waals surface area contributed by atoms with Crippen molar-refractivity contribution in [1.29, 1.82) is 0 Å². The van der Waals surface area contributed by atoms with E-state index in [1.807, 2.05) is 0 Å². The third kappa shape index (κ3) is 9.47. The summed E-state index contributed by atoms with van der Waals surface area (Å²) in [4.78, 5) is 11.9. The molecule has 0 N–H and O–H groups in total. The Morgan fingerprint density at radius 2 is 1.07 bits per heavy atom. The fourth-order valence-electron chi connectivity index (χ4n) is 3.64. The van der Waals surface area contributed by atoms with Crippen LogP contribution >= 0.6 is 0 Å². The number of ether oxygens (including phenoxy) is 1. The van der Waals surface area contributed by atoms with Crippen molar-refractivity contribution in [3.63, 3.8) is 0 Å². The number of carbonyl (C=O) groups is 1. The highest BCUT2D eigenvalue weighted by atomic mass is 28.4. The highest BCUT2D eigenvalue weighted by molar-refractivity contribution is 6.75. The first-order valence-electron chi connectivity index (χ1n) is 15.8. The lowest BCUT2D eigenvalue weighted by Crippen LogP contribution is -2.57. The third-order valence-electron chi connectivity index (χ3n) is 10.9. The minimum Gasteiger partial charge on any atom is -0.486 e. The van der Waals surface area contributed by atoms with Gasteiger partial charge in [0.05, 0.1) is 6.61 Å². The monoisotopic (exact) mass is 660 g/mol. The number of carbonyl (C=O) groups excluding carboxylic acids is 1. The second-order valence-corrected chi connectivity index (χ2v) is 37.5. The van der Waals surface area contributed by atoms with Crippen molar-refractivity contribution in [3.8, 4) is 0 Å². The van der Waals surface area contributed by atoms with Gasteiger partial charge in [-0.15, -0.1) is 0 Å². The van der Waals surface area contributed by atoms with Gasteiger partial charge in [0.2, 0.25) is 0 Å². The number of rotatable bonds is 11. The van der Waals surface area contributed by atoms with Crippen LogP contribution in [0, 0.1) is 0 Å². The molecule has 0 aromatic carbocycles. The van der Waals surface area contributed by atoms with E-state index in [1.165, 1.54) is 6.08 Å². The van der Waals surface area contributed by atoms with Crippen LogP contribution in [-0.4, -0.2) is 70.6 Å². The Morgan fingerprint density at radius 1 is 0.667 bits per heavy atom. The molecule has 0 aromatic heterocycles. The van der Waals surface area contributed by atoms with Gasteiger partial charge < -0.3 is 22.4 Å². The van der Waals surface area contributed by atoms with Crippen LogP contribution in [0.1, 0.15) is 83.1 Å². The van der Waals surface area contributed by atoms with Gasteiger partial charge >= 0.3 is 0 Å². The Labute approximate surface area is 264 Å². The molecule has 0 saturated carbocycles. The first-order valence-corrected chi connectivity index (χ1v) is 27.4. The summed E-state index contributed by atoms with van der Waals surface area (Å²) in [5.74, 6) is 0.541. The van der Waals surface area contributed by atoms with Gasteiger partial charge in [-0.2, -0.15) is 0 Å². The molecule has 0 bridgehead atoms. The van der Waals surface area contributed by atoms with E-state index in [0.717, 1.165) is 6.29 Å². The van der Waals surface area contributed by atoms with Gasteiger partial charge in [-0.1, -0.05) is 83.1 Å². The van der Waals surface area contributed by atoms with E-state index < -0.39 is 51.6 Å². The topological polar surface area (TPSA) is 63.2 Å². The average molecular weight is 661 g/mol. The zero-order valence-electron chi connectivity index (χ0n) is 31.1. The molecule has 0 spiro atoms. The number of allylic oxidation sites excluding steroid dienone is 1. The second kappa shape index (κ2) is 13.0. The molecule has 6 nitrogen and oxygen atoms in total. The molecule has 1 heterocycles. The maximum absolute atomic E-state index is 11.9. The molecule has 10 heteroatoms. The maximum atomic E-state index is 11.9. The first kappa shape index (κ1) is 39.9. The smallest absolute Gasteiger partial charge is 0.193 e. The number of aldehydes is 1. The van der Waals surface area contributed by atoms with Crippen molar-refractivity contribution < 1.29 is 27.2 Å². The molecule has 1 fully saturated rings. The molecule has 1 aliphatic rings. The van der Waals surface area contributed by atoms with Crippen LogP contribution in [0.5, 0.6) is 0 Å². The molecule has 0 aliphatic carbocycles. The van der Waals surface area contributed by atoms with Crippen LogP contribution in [0.4, 0.5) is 0 Å². The number of hydrogen-bond acceptors (Lipinski definition) is 6. The van der Waals surface area contributed by atoms with E-state index in [2.05, 4.69) is 135 Å². The van der Waals surface area contributed by atoms with E-state index in [4.69, 9.17) is 22.4 Å². The molecule has 0 radical (unpaired) electrons. The number of hydrogen-bond donors (Lipinski definition) is 0. The van der Waals surface area contributed by atoms with Crippen molar-refractivity contribution in [2.75, 3.05) is 6.61 Å². The van der Waals surface area contributed by atoms with Gasteiger partial charge in [0, 0.05) is 6.08 Å². The highest BCUT2D eigenvalue weighted by Crippen LogP contribution is 2.47. The van der Waals surface area contributed by atoms with Crippen LogP contribution in [0.3, 0.4) is 0 Å². The summed E-state index contributed by atoms with van der Waals surface area (Å²) < 4.78 is 35.1. The van der Waals surface area contributed by atoms with Gasteiger partial charge in [0.25, 0.3) is 0 Å².